The standard InChI is InChI=1S/C58H121N2O3P/c1-15-29-35-49(21-7)41-55(42-50(22-8)36-30-16-2)45-57(27-13,59-47-53(25-11)39-33-19-5)62-64(61)63-58(28-14,60-48-54(26-12)40-34-20-6)46-56(43-51(23-9)37-31-17-3)44-52(24-10)38-32-18-4/h49-56,59-60,64H,15-48H2,1-14H3. The van der Waals surface area contributed by atoms with Gasteiger partial charge < -0.3 is 0 Å². The molecule has 0 aromatic carbocycles. The summed E-state index contributed by atoms with van der Waals surface area (Å²) in [5.41, 5.74) is -1.36. The molecule has 5 nitrogen and oxygen atoms in total. The fraction of sp³-hybridized carbons (Fsp3) is 1.00. The predicted octanol–water partition coefficient (Wildman–Crippen LogP) is 19.7. The van der Waals surface area contributed by atoms with Crippen LogP contribution in [0.15, 0.2) is 0 Å². The highest BCUT2D eigenvalue weighted by Crippen LogP contribution is 2.45. The molecule has 0 rings (SSSR count). The SMILES string of the molecule is CCCCC(CC)CNC(CC)(CC(CC(CC)CCCC)CC(CC)CCCC)O[PH](=O)OC(CC)(CC(CC(CC)CCCC)CC(CC)CCCC)NCC(CC)CCCC. The Balaban J connectivity index is 7.40. The van der Waals surface area contributed by atoms with Gasteiger partial charge in [0, 0.05) is 13.1 Å². The molecule has 0 bridgehead atoms. The predicted molar refractivity (Wildman–Crippen MR) is 288 cm³/mol. The van der Waals surface area contributed by atoms with Gasteiger partial charge in [-0.2, -0.15) is 0 Å². The van der Waals surface area contributed by atoms with Crippen LogP contribution < -0.4 is 10.6 Å². The van der Waals surface area contributed by atoms with Gasteiger partial charge in [0.2, 0.25) is 0 Å². The van der Waals surface area contributed by atoms with E-state index < -0.39 is 19.7 Å². The number of unbranched alkanes of at least 4 members (excludes halogenated alkanes) is 6. The van der Waals surface area contributed by atoms with E-state index in [4.69, 9.17) is 9.05 Å². The highest BCUT2D eigenvalue weighted by atomic mass is 31.1. The molecule has 0 saturated carbocycles. The first kappa shape index (κ1) is 64.1. The molecule has 0 aliphatic carbocycles. The fourth-order valence-electron chi connectivity index (χ4n) is 11.1. The molecule has 0 aromatic heterocycles. The first-order valence-corrected chi connectivity index (χ1v) is 30.6. The zero-order valence-corrected chi connectivity index (χ0v) is 47.4. The fourth-order valence-corrected chi connectivity index (χ4v) is 12.4. The minimum absolute atomic E-state index is 0.520. The molecular weight excluding hydrogens is 804 g/mol. The van der Waals surface area contributed by atoms with E-state index in [-0.39, 0.29) is 0 Å². The average Bonchev–Trinajstić information content (AvgIpc) is 3.31. The van der Waals surface area contributed by atoms with E-state index in [2.05, 4.69) is 108 Å². The van der Waals surface area contributed by atoms with Gasteiger partial charge in [-0.05, 0) is 112 Å². The Kier molecular flexibility index (Phi) is 41.0. The van der Waals surface area contributed by atoms with Crippen molar-refractivity contribution in [3.8, 4) is 0 Å². The lowest BCUT2D eigenvalue weighted by atomic mass is 9.77. The molecule has 64 heavy (non-hydrogen) atoms. The van der Waals surface area contributed by atoms with E-state index in [1.54, 1.807) is 0 Å². The van der Waals surface area contributed by atoms with Crippen LogP contribution >= 0.6 is 8.25 Å². The summed E-state index contributed by atoms with van der Waals surface area (Å²) in [5.74, 6) is 5.12. The van der Waals surface area contributed by atoms with Gasteiger partial charge in [-0.15, -0.1) is 0 Å². The van der Waals surface area contributed by atoms with Crippen molar-refractivity contribution in [3.05, 3.63) is 0 Å². The van der Waals surface area contributed by atoms with Gasteiger partial charge in [0.05, 0.1) is 0 Å². The van der Waals surface area contributed by atoms with Gasteiger partial charge in [-0.1, -0.05) is 238 Å². The van der Waals surface area contributed by atoms with Crippen LogP contribution in [0.25, 0.3) is 0 Å². The molecule has 0 fully saturated rings. The number of hydrogen-bond donors (Lipinski definition) is 2. The topological polar surface area (TPSA) is 59.6 Å². The first-order valence-electron chi connectivity index (χ1n) is 29.3. The van der Waals surface area contributed by atoms with Gasteiger partial charge in [0.1, 0.15) is 11.4 Å². The van der Waals surface area contributed by atoms with Crippen molar-refractivity contribution in [1.82, 2.24) is 10.6 Å². The third-order valence-corrected chi connectivity index (χ3v) is 17.4. The second-order valence-electron chi connectivity index (χ2n) is 21.5. The van der Waals surface area contributed by atoms with E-state index in [1.165, 1.54) is 167 Å². The van der Waals surface area contributed by atoms with E-state index in [0.717, 1.165) is 75.3 Å². The molecule has 8 atom stereocenters. The molecule has 2 N–H and O–H groups in total. The van der Waals surface area contributed by atoms with Gasteiger partial charge in [-0.25, -0.2) is 0 Å². The Morgan fingerprint density at radius 3 is 0.797 bits per heavy atom. The lowest BCUT2D eigenvalue weighted by Gasteiger charge is -2.42. The molecule has 0 spiro atoms. The van der Waals surface area contributed by atoms with Crippen LogP contribution in [0, 0.1) is 47.3 Å². The first-order chi connectivity index (χ1) is 30.9. The van der Waals surface area contributed by atoms with Crippen molar-refractivity contribution in [2.75, 3.05) is 13.1 Å². The van der Waals surface area contributed by atoms with Crippen LogP contribution in [0.4, 0.5) is 0 Å². The maximum Gasteiger partial charge on any atom is 0.322 e. The van der Waals surface area contributed by atoms with Crippen LogP contribution in [0.5, 0.6) is 0 Å². The Morgan fingerprint density at radius 1 is 0.359 bits per heavy atom. The largest absolute Gasteiger partial charge is 0.322 e. The summed E-state index contributed by atoms with van der Waals surface area (Å²) in [6.45, 7) is 34.7. The Morgan fingerprint density at radius 2 is 0.594 bits per heavy atom. The van der Waals surface area contributed by atoms with Crippen LogP contribution in [0.2, 0.25) is 0 Å². The Hall–Kier alpha value is 0.0700. The summed E-state index contributed by atoms with van der Waals surface area (Å²) in [5, 5.41) is 8.22. The maximum atomic E-state index is 15.3. The average molecular weight is 926 g/mol. The monoisotopic (exact) mass is 925 g/mol. The zero-order chi connectivity index (χ0) is 48.1. The van der Waals surface area contributed by atoms with Crippen molar-refractivity contribution in [1.29, 1.82) is 0 Å². The number of hydrogen-bond acceptors (Lipinski definition) is 5. The summed E-state index contributed by atoms with van der Waals surface area (Å²) in [4.78, 5) is 0. The van der Waals surface area contributed by atoms with Crippen molar-refractivity contribution in [2.45, 2.75) is 314 Å². The molecule has 0 heterocycles. The van der Waals surface area contributed by atoms with E-state index >= 15 is 4.57 Å². The van der Waals surface area contributed by atoms with E-state index in [1.807, 2.05) is 0 Å². The summed E-state index contributed by atoms with van der Waals surface area (Å²) in [7, 11) is -2.92. The molecule has 0 aliphatic rings. The van der Waals surface area contributed by atoms with Crippen LogP contribution in [-0.4, -0.2) is 24.5 Å². The molecule has 0 saturated heterocycles. The molecule has 8 unspecified atom stereocenters. The lowest BCUT2D eigenvalue weighted by molar-refractivity contribution is -0.0515. The normalized spacial score (nSPS) is 18.4. The van der Waals surface area contributed by atoms with Gasteiger partial charge in [0.25, 0.3) is 0 Å². The Bertz CT molecular complexity index is 931. The minimum atomic E-state index is -2.92. The van der Waals surface area contributed by atoms with E-state index in [0.29, 0.717) is 23.7 Å². The molecule has 0 radical (unpaired) electrons. The summed E-state index contributed by atoms with van der Waals surface area (Å²) in [6.07, 6.45) is 38.6. The highest BCUT2D eigenvalue weighted by Gasteiger charge is 2.41. The van der Waals surface area contributed by atoms with Gasteiger partial charge in [0.15, 0.2) is 0 Å². The molecule has 6 heteroatoms. The quantitative estimate of drug-likeness (QED) is 0.0470. The van der Waals surface area contributed by atoms with Crippen molar-refractivity contribution >= 4 is 8.25 Å². The third kappa shape index (κ3) is 28.5. The smallest absolute Gasteiger partial charge is 0.289 e. The summed E-state index contributed by atoms with van der Waals surface area (Å²) < 4.78 is 29.7. The molecule has 0 aliphatic heterocycles. The summed E-state index contributed by atoms with van der Waals surface area (Å²) >= 11 is 0. The van der Waals surface area contributed by atoms with Crippen LogP contribution in [-0.2, 0) is 13.6 Å². The molecule has 0 amide bonds. The number of nitrogens with one attached hydrogen (secondary N) is 2. The zero-order valence-electron chi connectivity index (χ0n) is 46.4. The minimum Gasteiger partial charge on any atom is -0.289 e. The van der Waals surface area contributed by atoms with Crippen molar-refractivity contribution < 1.29 is 13.6 Å². The second-order valence-corrected chi connectivity index (χ2v) is 22.4. The van der Waals surface area contributed by atoms with Crippen LogP contribution in [0.1, 0.15) is 302 Å². The number of rotatable bonds is 48. The maximum absolute atomic E-state index is 15.3. The molecule has 0 aromatic rings. The Labute approximate surface area is 405 Å². The van der Waals surface area contributed by atoms with Gasteiger partial charge in [-0.3, -0.25) is 24.2 Å². The molecular formula is C58H121N2O3P. The second kappa shape index (κ2) is 40.9. The lowest BCUT2D eigenvalue weighted by Crippen LogP contribution is -2.51. The van der Waals surface area contributed by atoms with Crippen molar-refractivity contribution in [2.24, 2.45) is 47.3 Å². The summed E-state index contributed by atoms with van der Waals surface area (Å²) in [6, 6.07) is 0. The molecule has 386 valence electrons. The van der Waals surface area contributed by atoms with Crippen molar-refractivity contribution in [3.63, 3.8) is 0 Å². The highest BCUT2D eigenvalue weighted by molar-refractivity contribution is 7.33. The van der Waals surface area contributed by atoms with Gasteiger partial charge >= 0.3 is 8.25 Å². The third-order valence-electron chi connectivity index (χ3n) is 16.3. The van der Waals surface area contributed by atoms with Crippen LogP contribution in [0.3, 0.4) is 0 Å². The van der Waals surface area contributed by atoms with E-state index in [9.17, 15) is 0 Å².